The first-order valence-electron chi connectivity index (χ1n) is 6.04. The third-order valence-electron chi connectivity index (χ3n) is 2.83. The minimum absolute atomic E-state index is 0.314. The van der Waals surface area contributed by atoms with E-state index in [2.05, 4.69) is 20.8 Å². The van der Waals surface area contributed by atoms with Crippen LogP contribution in [-0.2, 0) is 9.47 Å². The summed E-state index contributed by atoms with van der Waals surface area (Å²) in [5, 5.41) is 0. The summed E-state index contributed by atoms with van der Waals surface area (Å²) in [6.45, 7) is 8.61. The van der Waals surface area contributed by atoms with Gasteiger partial charge >= 0.3 is 0 Å². The van der Waals surface area contributed by atoms with Crippen LogP contribution in [0.1, 0.15) is 46.5 Å². The molecule has 0 spiro atoms. The van der Waals surface area contributed by atoms with Crippen LogP contribution in [0.5, 0.6) is 0 Å². The van der Waals surface area contributed by atoms with Gasteiger partial charge in [-0.1, -0.05) is 33.6 Å². The lowest BCUT2D eigenvalue weighted by Gasteiger charge is -2.24. The van der Waals surface area contributed by atoms with Crippen molar-refractivity contribution in [3.05, 3.63) is 6.61 Å². The van der Waals surface area contributed by atoms with E-state index in [4.69, 9.17) is 9.47 Å². The second kappa shape index (κ2) is 9.17. The Morgan fingerprint density at radius 3 is 2.20 bits per heavy atom. The fourth-order valence-corrected chi connectivity index (χ4v) is 1.86. The second-order valence-electron chi connectivity index (χ2n) is 4.54. The molecule has 0 aromatic rings. The van der Waals surface area contributed by atoms with E-state index in [0.717, 1.165) is 18.8 Å². The van der Waals surface area contributed by atoms with Crippen molar-refractivity contribution in [3.8, 4) is 0 Å². The molecule has 0 N–H and O–H groups in total. The molecule has 0 amide bonds. The van der Waals surface area contributed by atoms with Crippen LogP contribution >= 0.6 is 0 Å². The number of methoxy groups -OCH3 is 2. The minimum atomic E-state index is 0.314. The third-order valence-corrected chi connectivity index (χ3v) is 2.83. The molecule has 0 rings (SSSR count). The summed E-state index contributed by atoms with van der Waals surface area (Å²) in [7, 11) is 3.51. The summed E-state index contributed by atoms with van der Waals surface area (Å²) in [5.41, 5.74) is 0. The van der Waals surface area contributed by atoms with E-state index in [0.29, 0.717) is 12.0 Å². The monoisotopic (exact) mass is 215 g/mol. The molecule has 1 radical (unpaired) electrons. The van der Waals surface area contributed by atoms with Crippen molar-refractivity contribution in [1.82, 2.24) is 0 Å². The summed E-state index contributed by atoms with van der Waals surface area (Å²) in [6, 6.07) is 0. The molecular weight excluding hydrogens is 188 g/mol. The van der Waals surface area contributed by atoms with Gasteiger partial charge in [-0.3, -0.25) is 0 Å². The Hall–Kier alpha value is -0.0800. The summed E-state index contributed by atoms with van der Waals surface area (Å²) < 4.78 is 10.6. The van der Waals surface area contributed by atoms with Gasteiger partial charge in [0.2, 0.25) is 0 Å². The van der Waals surface area contributed by atoms with Crippen molar-refractivity contribution in [2.45, 2.75) is 52.6 Å². The lowest BCUT2D eigenvalue weighted by Crippen LogP contribution is -2.23. The average Bonchev–Trinajstić information content (AvgIpc) is 2.21. The van der Waals surface area contributed by atoms with Crippen LogP contribution in [0.2, 0.25) is 0 Å². The zero-order valence-electron chi connectivity index (χ0n) is 11.0. The molecule has 0 saturated carbocycles. The first kappa shape index (κ1) is 14.9. The topological polar surface area (TPSA) is 18.5 Å². The van der Waals surface area contributed by atoms with E-state index in [9.17, 15) is 0 Å². The molecule has 0 aromatic carbocycles. The Balaban J connectivity index is 3.86. The maximum Gasteiger partial charge on any atom is 0.0889 e. The Labute approximate surface area is 95.3 Å². The molecule has 2 heteroatoms. The molecule has 0 aliphatic heterocycles. The first-order chi connectivity index (χ1) is 7.15. The van der Waals surface area contributed by atoms with E-state index >= 15 is 0 Å². The van der Waals surface area contributed by atoms with Crippen molar-refractivity contribution >= 4 is 0 Å². The van der Waals surface area contributed by atoms with Crippen LogP contribution in [0.15, 0.2) is 0 Å². The maximum atomic E-state index is 5.53. The normalized spacial score (nSPS) is 15.6. The summed E-state index contributed by atoms with van der Waals surface area (Å²) in [6.07, 6.45) is 5.04. The SMILES string of the molecule is CCC([CH]OC)C(CCCC(C)C)OC. The average molecular weight is 215 g/mol. The highest BCUT2D eigenvalue weighted by Crippen LogP contribution is 2.21. The van der Waals surface area contributed by atoms with Crippen LogP contribution < -0.4 is 0 Å². The van der Waals surface area contributed by atoms with E-state index in [-0.39, 0.29) is 0 Å². The molecule has 2 unspecified atom stereocenters. The van der Waals surface area contributed by atoms with Gasteiger partial charge in [-0.2, -0.15) is 0 Å². The third kappa shape index (κ3) is 6.91. The van der Waals surface area contributed by atoms with Crippen molar-refractivity contribution in [2.24, 2.45) is 11.8 Å². The van der Waals surface area contributed by atoms with Gasteiger partial charge in [-0.15, -0.1) is 0 Å². The van der Waals surface area contributed by atoms with Crippen LogP contribution in [0.3, 0.4) is 0 Å². The quantitative estimate of drug-likeness (QED) is 0.584. The highest BCUT2D eigenvalue weighted by molar-refractivity contribution is 4.76. The van der Waals surface area contributed by atoms with Gasteiger partial charge in [-0.05, 0) is 18.8 Å². The van der Waals surface area contributed by atoms with E-state index in [1.165, 1.54) is 12.8 Å². The molecule has 91 valence electrons. The Morgan fingerprint density at radius 1 is 1.13 bits per heavy atom. The summed E-state index contributed by atoms with van der Waals surface area (Å²) in [4.78, 5) is 0. The van der Waals surface area contributed by atoms with E-state index < -0.39 is 0 Å². The van der Waals surface area contributed by atoms with Gasteiger partial charge in [-0.25, -0.2) is 0 Å². The van der Waals surface area contributed by atoms with Crippen LogP contribution in [0, 0.1) is 18.4 Å². The fourth-order valence-electron chi connectivity index (χ4n) is 1.86. The standard InChI is InChI=1S/C13H27O2/c1-6-12(10-14-4)13(15-5)9-7-8-11(2)3/h10-13H,6-9H2,1-5H3. The van der Waals surface area contributed by atoms with E-state index in [1.807, 2.05) is 6.61 Å². The molecular formula is C13H27O2. The van der Waals surface area contributed by atoms with Crippen LogP contribution in [-0.4, -0.2) is 20.3 Å². The molecule has 0 fully saturated rings. The first-order valence-corrected chi connectivity index (χ1v) is 6.04. The molecule has 2 atom stereocenters. The number of rotatable bonds is 9. The smallest absolute Gasteiger partial charge is 0.0889 e. The van der Waals surface area contributed by atoms with Crippen molar-refractivity contribution in [1.29, 1.82) is 0 Å². The second-order valence-corrected chi connectivity index (χ2v) is 4.54. The fraction of sp³-hybridized carbons (Fsp3) is 0.923. The number of hydrogen-bond donors (Lipinski definition) is 0. The largest absolute Gasteiger partial charge is 0.381 e. The lowest BCUT2D eigenvalue weighted by molar-refractivity contribution is 0.0301. The van der Waals surface area contributed by atoms with Crippen LogP contribution in [0.4, 0.5) is 0 Å². The minimum Gasteiger partial charge on any atom is -0.381 e. The Morgan fingerprint density at radius 2 is 1.80 bits per heavy atom. The molecule has 0 aliphatic rings. The predicted molar refractivity (Wildman–Crippen MR) is 64.6 cm³/mol. The van der Waals surface area contributed by atoms with Gasteiger partial charge in [0.1, 0.15) is 0 Å². The van der Waals surface area contributed by atoms with Crippen LogP contribution in [0.25, 0.3) is 0 Å². The summed E-state index contributed by atoms with van der Waals surface area (Å²) >= 11 is 0. The van der Waals surface area contributed by atoms with Gasteiger partial charge in [0.25, 0.3) is 0 Å². The molecule has 2 nitrogen and oxygen atoms in total. The van der Waals surface area contributed by atoms with Crippen molar-refractivity contribution in [3.63, 3.8) is 0 Å². The van der Waals surface area contributed by atoms with Gasteiger partial charge in [0, 0.05) is 20.1 Å². The zero-order chi connectivity index (χ0) is 11.7. The molecule has 0 aromatic heterocycles. The molecule has 0 saturated heterocycles. The highest BCUT2D eigenvalue weighted by Gasteiger charge is 2.19. The van der Waals surface area contributed by atoms with Gasteiger partial charge in [0.15, 0.2) is 0 Å². The molecule has 15 heavy (non-hydrogen) atoms. The zero-order valence-corrected chi connectivity index (χ0v) is 11.0. The highest BCUT2D eigenvalue weighted by atomic mass is 16.5. The maximum absolute atomic E-state index is 5.53. The summed E-state index contributed by atoms with van der Waals surface area (Å²) in [5.74, 6) is 1.21. The molecule has 0 aliphatic carbocycles. The lowest BCUT2D eigenvalue weighted by atomic mass is 9.94. The number of hydrogen-bond acceptors (Lipinski definition) is 2. The van der Waals surface area contributed by atoms with E-state index in [1.54, 1.807) is 14.2 Å². The predicted octanol–water partition coefficient (Wildman–Crippen LogP) is 3.66. The molecule has 0 bridgehead atoms. The van der Waals surface area contributed by atoms with Gasteiger partial charge < -0.3 is 9.47 Å². The Kier molecular flexibility index (Phi) is 9.12. The van der Waals surface area contributed by atoms with Gasteiger partial charge in [0.05, 0.1) is 12.7 Å². The van der Waals surface area contributed by atoms with Crippen molar-refractivity contribution in [2.75, 3.05) is 14.2 Å². The number of ether oxygens (including phenoxy) is 2. The Bertz CT molecular complexity index is 134. The molecule has 0 heterocycles. The van der Waals surface area contributed by atoms with Crippen molar-refractivity contribution < 1.29 is 9.47 Å².